The maximum Gasteiger partial charge on any atom is 0.0394 e. The van der Waals surface area contributed by atoms with Gasteiger partial charge in [-0.3, -0.25) is 0 Å². The van der Waals surface area contributed by atoms with Crippen LogP contribution in [0, 0.1) is 0 Å². The zero-order valence-corrected chi connectivity index (χ0v) is 9.62. The Morgan fingerprint density at radius 3 is 2.92 bits per heavy atom. The molecule has 0 saturated carbocycles. The molecule has 0 bridgehead atoms. The fraction of sp³-hybridized carbons (Fsp3) is 0.818. The minimum absolute atomic E-state index is 0.549. The SMILES string of the molecule is C=C(C)C(NCCC)C1CCCS1. The maximum absolute atomic E-state index is 4.08. The molecule has 0 radical (unpaired) electrons. The molecule has 0 spiro atoms. The second-order valence-electron chi connectivity index (χ2n) is 3.83. The molecular formula is C11H21NS. The van der Waals surface area contributed by atoms with Crippen LogP contribution < -0.4 is 5.32 Å². The average molecular weight is 199 g/mol. The third-order valence-corrected chi connectivity index (χ3v) is 3.94. The van der Waals surface area contributed by atoms with E-state index in [9.17, 15) is 0 Å². The number of rotatable bonds is 5. The Bertz CT molecular complexity index is 161. The van der Waals surface area contributed by atoms with Crippen molar-refractivity contribution in [3.63, 3.8) is 0 Å². The Balaban J connectivity index is 2.40. The number of hydrogen-bond donors (Lipinski definition) is 1. The molecule has 13 heavy (non-hydrogen) atoms. The molecule has 2 heteroatoms. The van der Waals surface area contributed by atoms with Crippen molar-refractivity contribution in [2.45, 2.75) is 44.4 Å². The van der Waals surface area contributed by atoms with Gasteiger partial charge in [0.05, 0.1) is 0 Å². The Morgan fingerprint density at radius 2 is 2.46 bits per heavy atom. The van der Waals surface area contributed by atoms with E-state index < -0.39 is 0 Å². The van der Waals surface area contributed by atoms with Gasteiger partial charge in [-0.05, 0) is 38.5 Å². The summed E-state index contributed by atoms with van der Waals surface area (Å²) in [6, 6.07) is 0.549. The standard InChI is InChI=1S/C11H21NS/c1-4-7-12-11(9(2)3)10-6-5-8-13-10/h10-12H,2,4-8H2,1,3H3. The highest BCUT2D eigenvalue weighted by atomic mass is 32.2. The van der Waals surface area contributed by atoms with Gasteiger partial charge >= 0.3 is 0 Å². The lowest BCUT2D eigenvalue weighted by Gasteiger charge is -2.24. The van der Waals surface area contributed by atoms with Crippen LogP contribution >= 0.6 is 11.8 Å². The first-order valence-corrected chi connectivity index (χ1v) is 6.31. The summed E-state index contributed by atoms with van der Waals surface area (Å²) < 4.78 is 0. The molecule has 2 unspecified atom stereocenters. The summed E-state index contributed by atoms with van der Waals surface area (Å²) in [5, 5.41) is 4.37. The van der Waals surface area contributed by atoms with E-state index in [-0.39, 0.29) is 0 Å². The summed E-state index contributed by atoms with van der Waals surface area (Å²) >= 11 is 2.11. The number of hydrogen-bond acceptors (Lipinski definition) is 2. The van der Waals surface area contributed by atoms with E-state index in [1.54, 1.807) is 0 Å². The quantitative estimate of drug-likeness (QED) is 0.683. The Labute approximate surface area is 86.4 Å². The van der Waals surface area contributed by atoms with Gasteiger partial charge in [0.15, 0.2) is 0 Å². The Hall–Kier alpha value is 0.0500. The molecule has 1 aliphatic heterocycles. The third-order valence-electron chi connectivity index (χ3n) is 2.48. The summed E-state index contributed by atoms with van der Waals surface area (Å²) in [7, 11) is 0. The van der Waals surface area contributed by atoms with E-state index in [4.69, 9.17) is 0 Å². The Kier molecular flexibility index (Phi) is 4.89. The van der Waals surface area contributed by atoms with Crippen LogP contribution in [0.2, 0.25) is 0 Å². The smallest absolute Gasteiger partial charge is 0.0394 e. The van der Waals surface area contributed by atoms with Crippen LogP contribution in [0.5, 0.6) is 0 Å². The van der Waals surface area contributed by atoms with Crippen molar-refractivity contribution in [1.82, 2.24) is 5.32 Å². The molecule has 1 saturated heterocycles. The van der Waals surface area contributed by atoms with Gasteiger partial charge in [-0.2, -0.15) is 11.8 Å². The van der Waals surface area contributed by atoms with E-state index in [0.29, 0.717) is 6.04 Å². The zero-order chi connectivity index (χ0) is 9.68. The zero-order valence-electron chi connectivity index (χ0n) is 8.81. The second-order valence-corrected chi connectivity index (χ2v) is 5.18. The molecule has 1 nitrogen and oxygen atoms in total. The molecule has 0 aliphatic carbocycles. The lowest BCUT2D eigenvalue weighted by Crippen LogP contribution is -2.38. The molecule has 0 aromatic heterocycles. The monoisotopic (exact) mass is 199 g/mol. The topological polar surface area (TPSA) is 12.0 Å². The molecule has 1 N–H and O–H groups in total. The summed E-state index contributed by atoms with van der Waals surface area (Å²) in [6.07, 6.45) is 3.95. The highest BCUT2D eigenvalue weighted by Crippen LogP contribution is 2.30. The first-order chi connectivity index (χ1) is 6.25. The second kappa shape index (κ2) is 5.71. The average Bonchev–Trinajstić information content (AvgIpc) is 2.57. The number of thioether (sulfide) groups is 1. The van der Waals surface area contributed by atoms with E-state index in [1.165, 1.54) is 30.6 Å². The van der Waals surface area contributed by atoms with Crippen LogP contribution in [0.4, 0.5) is 0 Å². The molecule has 1 fully saturated rings. The predicted molar refractivity (Wildman–Crippen MR) is 62.4 cm³/mol. The van der Waals surface area contributed by atoms with Crippen LogP contribution in [0.1, 0.15) is 33.1 Å². The Morgan fingerprint density at radius 1 is 1.69 bits per heavy atom. The van der Waals surface area contributed by atoms with Crippen molar-refractivity contribution >= 4 is 11.8 Å². The molecule has 0 aromatic rings. The molecule has 0 aromatic carbocycles. The molecule has 1 aliphatic rings. The summed E-state index contributed by atoms with van der Waals surface area (Å²) in [5.74, 6) is 1.34. The van der Waals surface area contributed by atoms with Crippen molar-refractivity contribution in [2.75, 3.05) is 12.3 Å². The van der Waals surface area contributed by atoms with E-state index >= 15 is 0 Å². The van der Waals surface area contributed by atoms with Gasteiger partial charge in [0.2, 0.25) is 0 Å². The molecule has 0 amide bonds. The van der Waals surface area contributed by atoms with Gasteiger partial charge in [-0.25, -0.2) is 0 Å². The van der Waals surface area contributed by atoms with Crippen molar-refractivity contribution in [2.24, 2.45) is 0 Å². The lowest BCUT2D eigenvalue weighted by atomic mass is 10.0. The van der Waals surface area contributed by atoms with Crippen LogP contribution in [-0.4, -0.2) is 23.6 Å². The van der Waals surface area contributed by atoms with Gasteiger partial charge in [-0.1, -0.05) is 19.1 Å². The van der Waals surface area contributed by atoms with Crippen molar-refractivity contribution in [3.8, 4) is 0 Å². The summed E-state index contributed by atoms with van der Waals surface area (Å²) in [6.45, 7) is 9.55. The van der Waals surface area contributed by atoms with Crippen LogP contribution in [0.3, 0.4) is 0 Å². The maximum atomic E-state index is 4.08. The van der Waals surface area contributed by atoms with Crippen LogP contribution in [0.25, 0.3) is 0 Å². The molecule has 1 rings (SSSR count). The predicted octanol–water partition coefficient (Wildman–Crippen LogP) is 2.83. The fourth-order valence-electron chi connectivity index (χ4n) is 1.79. The van der Waals surface area contributed by atoms with Crippen molar-refractivity contribution in [3.05, 3.63) is 12.2 Å². The third kappa shape index (κ3) is 3.35. The highest BCUT2D eigenvalue weighted by molar-refractivity contribution is 8.00. The van der Waals surface area contributed by atoms with Gasteiger partial charge < -0.3 is 5.32 Å². The summed E-state index contributed by atoms with van der Waals surface area (Å²) in [4.78, 5) is 0. The van der Waals surface area contributed by atoms with Gasteiger partial charge in [0.1, 0.15) is 0 Å². The largest absolute Gasteiger partial charge is 0.309 e. The lowest BCUT2D eigenvalue weighted by molar-refractivity contribution is 0.536. The summed E-state index contributed by atoms with van der Waals surface area (Å²) in [5.41, 5.74) is 1.30. The van der Waals surface area contributed by atoms with Gasteiger partial charge in [0, 0.05) is 11.3 Å². The van der Waals surface area contributed by atoms with Gasteiger partial charge in [0.25, 0.3) is 0 Å². The number of nitrogens with one attached hydrogen (secondary N) is 1. The molecular weight excluding hydrogens is 178 g/mol. The minimum Gasteiger partial charge on any atom is -0.309 e. The van der Waals surface area contributed by atoms with Crippen molar-refractivity contribution < 1.29 is 0 Å². The van der Waals surface area contributed by atoms with E-state index in [0.717, 1.165) is 11.8 Å². The van der Waals surface area contributed by atoms with E-state index in [1.807, 2.05) is 0 Å². The first kappa shape index (κ1) is 11.1. The van der Waals surface area contributed by atoms with Crippen LogP contribution in [-0.2, 0) is 0 Å². The van der Waals surface area contributed by atoms with Crippen LogP contribution in [0.15, 0.2) is 12.2 Å². The molecule has 1 heterocycles. The van der Waals surface area contributed by atoms with Gasteiger partial charge in [-0.15, -0.1) is 0 Å². The highest BCUT2D eigenvalue weighted by Gasteiger charge is 2.25. The normalized spacial score (nSPS) is 24.6. The fourth-order valence-corrected chi connectivity index (χ4v) is 3.28. The molecule has 76 valence electrons. The molecule has 2 atom stereocenters. The first-order valence-electron chi connectivity index (χ1n) is 5.26. The van der Waals surface area contributed by atoms with E-state index in [2.05, 4.69) is 37.5 Å². The minimum atomic E-state index is 0.549. The van der Waals surface area contributed by atoms with Crippen molar-refractivity contribution in [1.29, 1.82) is 0 Å².